The summed E-state index contributed by atoms with van der Waals surface area (Å²) in [5, 5.41) is 0. The highest BCUT2D eigenvalue weighted by Gasteiger charge is 2.21. The average molecular weight is 234 g/mol. The van der Waals surface area contributed by atoms with Gasteiger partial charge >= 0.3 is 0 Å². The molecule has 1 fully saturated rings. The van der Waals surface area contributed by atoms with Gasteiger partial charge in [0.25, 0.3) is 0 Å². The molecule has 0 spiro atoms. The number of benzene rings is 1. The molecule has 2 nitrogen and oxygen atoms in total. The van der Waals surface area contributed by atoms with Crippen molar-refractivity contribution in [2.45, 2.75) is 38.7 Å². The maximum Gasteiger partial charge on any atom is 0.104 e. The molecular weight excluding hydrogens is 212 g/mol. The Hall–Kier alpha value is -0.860. The Labute approximate surface area is 104 Å². The SMILES string of the molecule is CCCc1ccc(CCCOCC2CO2)cc1. The van der Waals surface area contributed by atoms with Crippen molar-refractivity contribution in [1.82, 2.24) is 0 Å². The van der Waals surface area contributed by atoms with E-state index in [1.807, 2.05) is 0 Å². The predicted octanol–water partition coefficient (Wildman–Crippen LogP) is 2.99. The Morgan fingerprint density at radius 1 is 1.18 bits per heavy atom. The zero-order valence-corrected chi connectivity index (χ0v) is 10.7. The summed E-state index contributed by atoms with van der Waals surface area (Å²) in [5.41, 5.74) is 2.86. The van der Waals surface area contributed by atoms with Crippen LogP contribution in [-0.4, -0.2) is 25.9 Å². The van der Waals surface area contributed by atoms with E-state index in [2.05, 4.69) is 31.2 Å². The van der Waals surface area contributed by atoms with Gasteiger partial charge < -0.3 is 9.47 Å². The van der Waals surface area contributed by atoms with E-state index in [9.17, 15) is 0 Å². The van der Waals surface area contributed by atoms with Gasteiger partial charge in [-0.3, -0.25) is 0 Å². The topological polar surface area (TPSA) is 21.8 Å². The summed E-state index contributed by atoms with van der Waals surface area (Å²) in [6, 6.07) is 8.99. The van der Waals surface area contributed by atoms with Crippen molar-refractivity contribution in [3.05, 3.63) is 35.4 Å². The van der Waals surface area contributed by atoms with Crippen molar-refractivity contribution in [2.24, 2.45) is 0 Å². The Bertz CT molecular complexity index is 314. The van der Waals surface area contributed by atoms with E-state index in [-0.39, 0.29) is 0 Å². The molecule has 1 aliphatic rings. The van der Waals surface area contributed by atoms with Crippen LogP contribution in [-0.2, 0) is 22.3 Å². The first kappa shape index (κ1) is 12.6. The molecule has 94 valence electrons. The van der Waals surface area contributed by atoms with E-state index in [4.69, 9.17) is 9.47 Å². The summed E-state index contributed by atoms with van der Waals surface area (Å²) >= 11 is 0. The zero-order valence-electron chi connectivity index (χ0n) is 10.7. The van der Waals surface area contributed by atoms with Crippen LogP contribution >= 0.6 is 0 Å². The standard InChI is InChI=1S/C15H22O2/c1-2-4-13-6-8-14(9-7-13)5-3-10-16-11-15-12-17-15/h6-9,15H,2-5,10-12H2,1H3. The van der Waals surface area contributed by atoms with E-state index in [0.29, 0.717) is 6.10 Å². The average Bonchev–Trinajstić information content (AvgIpc) is 3.15. The van der Waals surface area contributed by atoms with Gasteiger partial charge in [0.2, 0.25) is 0 Å². The van der Waals surface area contributed by atoms with E-state index in [1.165, 1.54) is 24.0 Å². The van der Waals surface area contributed by atoms with Crippen LogP contribution in [0.15, 0.2) is 24.3 Å². The van der Waals surface area contributed by atoms with Gasteiger partial charge in [-0.2, -0.15) is 0 Å². The Morgan fingerprint density at radius 2 is 1.82 bits per heavy atom. The van der Waals surface area contributed by atoms with Gasteiger partial charge in [-0.15, -0.1) is 0 Å². The third-order valence-electron chi connectivity index (χ3n) is 3.02. The number of aryl methyl sites for hydroxylation is 2. The molecule has 2 rings (SSSR count). The highest BCUT2D eigenvalue weighted by atomic mass is 16.6. The summed E-state index contributed by atoms with van der Waals surface area (Å²) < 4.78 is 10.6. The minimum absolute atomic E-state index is 0.392. The van der Waals surface area contributed by atoms with Crippen LogP contribution in [0.2, 0.25) is 0 Å². The summed E-state index contributed by atoms with van der Waals surface area (Å²) in [6.07, 6.45) is 5.00. The molecule has 0 saturated carbocycles. The first-order chi connectivity index (χ1) is 8.38. The fourth-order valence-electron chi connectivity index (χ4n) is 1.92. The molecule has 1 saturated heterocycles. The van der Waals surface area contributed by atoms with Crippen molar-refractivity contribution in [2.75, 3.05) is 19.8 Å². The van der Waals surface area contributed by atoms with Gasteiger partial charge in [-0.25, -0.2) is 0 Å². The van der Waals surface area contributed by atoms with Crippen LogP contribution in [0, 0.1) is 0 Å². The lowest BCUT2D eigenvalue weighted by Crippen LogP contribution is -2.03. The Balaban J connectivity index is 1.60. The molecule has 1 heterocycles. The van der Waals surface area contributed by atoms with Crippen molar-refractivity contribution in [3.8, 4) is 0 Å². The quantitative estimate of drug-likeness (QED) is 0.509. The van der Waals surface area contributed by atoms with Crippen LogP contribution < -0.4 is 0 Å². The second-order valence-corrected chi connectivity index (χ2v) is 4.70. The highest BCUT2D eigenvalue weighted by molar-refractivity contribution is 5.22. The van der Waals surface area contributed by atoms with Gasteiger partial charge in [-0.1, -0.05) is 37.6 Å². The largest absolute Gasteiger partial charge is 0.379 e. The normalized spacial score (nSPS) is 18.3. The van der Waals surface area contributed by atoms with Gasteiger partial charge in [0.05, 0.1) is 13.2 Å². The minimum atomic E-state index is 0.392. The van der Waals surface area contributed by atoms with Crippen molar-refractivity contribution >= 4 is 0 Å². The van der Waals surface area contributed by atoms with Crippen molar-refractivity contribution in [1.29, 1.82) is 0 Å². The second-order valence-electron chi connectivity index (χ2n) is 4.70. The Morgan fingerprint density at radius 3 is 2.41 bits per heavy atom. The van der Waals surface area contributed by atoms with E-state index in [0.717, 1.165) is 32.7 Å². The predicted molar refractivity (Wildman–Crippen MR) is 69.3 cm³/mol. The molecule has 0 amide bonds. The number of rotatable bonds is 8. The molecule has 1 aliphatic heterocycles. The number of hydrogen-bond acceptors (Lipinski definition) is 2. The molecule has 2 heteroatoms. The molecule has 0 bridgehead atoms. The maximum absolute atomic E-state index is 5.52. The van der Waals surface area contributed by atoms with Gasteiger partial charge in [-0.05, 0) is 30.4 Å². The first-order valence-corrected chi connectivity index (χ1v) is 6.65. The van der Waals surface area contributed by atoms with E-state index < -0.39 is 0 Å². The lowest BCUT2D eigenvalue weighted by Gasteiger charge is -2.04. The summed E-state index contributed by atoms with van der Waals surface area (Å²) in [4.78, 5) is 0. The summed E-state index contributed by atoms with van der Waals surface area (Å²) in [7, 11) is 0. The second kappa shape index (κ2) is 6.77. The van der Waals surface area contributed by atoms with Crippen LogP contribution in [0.5, 0.6) is 0 Å². The molecule has 0 radical (unpaired) electrons. The van der Waals surface area contributed by atoms with Crippen molar-refractivity contribution in [3.63, 3.8) is 0 Å². The van der Waals surface area contributed by atoms with Crippen LogP contribution in [0.1, 0.15) is 30.9 Å². The number of hydrogen-bond donors (Lipinski definition) is 0. The molecule has 1 unspecified atom stereocenters. The highest BCUT2D eigenvalue weighted by Crippen LogP contribution is 2.10. The lowest BCUT2D eigenvalue weighted by molar-refractivity contribution is 0.114. The Kier molecular flexibility index (Phi) is 5.02. The van der Waals surface area contributed by atoms with Crippen LogP contribution in [0.3, 0.4) is 0 Å². The minimum Gasteiger partial charge on any atom is -0.379 e. The molecule has 1 aromatic carbocycles. The number of epoxide rings is 1. The fraction of sp³-hybridized carbons (Fsp3) is 0.600. The third kappa shape index (κ3) is 4.88. The lowest BCUT2D eigenvalue weighted by atomic mass is 10.1. The monoisotopic (exact) mass is 234 g/mol. The van der Waals surface area contributed by atoms with E-state index >= 15 is 0 Å². The van der Waals surface area contributed by atoms with Gasteiger partial charge in [0.15, 0.2) is 0 Å². The number of ether oxygens (including phenoxy) is 2. The maximum atomic E-state index is 5.52. The molecule has 1 atom stereocenters. The molecule has 0 N–H and O–H groups in total. The molecule has 17 heavy (non-hydrogen) atoms. The molecule has 1 aromatic rings. The van der Waals surface area contributed by atoms with E-state index in [1.54, 1.807) is 0 Å². The van der Waals surface area contributed by atoms with Gasteiger partial charge in [0.1, 0.15) is 6.10 Å². The van der Waals surface area contributed by atoms with Crippen LogP contribution in [0.4, 0.5) is 0 Å². The molecular formula is C15H22O2. The summed E-state index contributed by atoms with van der Waals surface area (Å²) in [6.45, 7) is 4.72. The molecule has 0 aromatic heterocycles. The molecule has 0 aliphatic carbocycles. The van der Waals surface area contributed by atoms with Crippen molar-refractivity contribution < 1.29 is 9.47 Å². The zero-order chi connectivity index (χ0) is 11.9. The smallest absolute Gasteiger partial charge is 0.104 e. The van der Waals surface area contributed by atoms with Gasteiger partial charge in [0, 0.05) is 6.61 Å². The third-order valence-corrected chi connectivity index (χ3v) is 3.02. The fourth-order valence-corrected chi connectivity index (χ4v) is 1.92. The summed E-state index contributed by atoms with van der Waals surface area (Å²) in [5.74, 6) is 0. The first-order valence-electron chi connectivity index (χ1n) is 6.65. The van der Waals surface area contributed by atoms with Crippen LogP contribution in [0.25, 0.3) is 0 Å².